The van der Waals surface area contributed by atoms with E-state index >= 15 is 0 Å². The molecule has 2 rings (SSSR count). The normalized spacial score (nSPS) is 23.1. The molecule has 2 amide bonds. The molecular weight excluding hydrogens is 508 g/mol. The minimum atomic E-state index is -4.74. The first-order valence-corrected chi connectivity index (χ1v) is 13.1. The summed E-state index contributed by atoms with van der Waals surface area (Å²) in [5.74, 6) is -1.06. The summed E-state index contributed by atoms with van der Waals surface area (Å²) in [5.41, 5.74) is -2.88. The molecule has 0 saturated carbocycles. The highest BCUT2D eigenvalue weighted by Crippen LogP contribution is 2.48. The Hall–Kier alpha value is -1.99. The predicted molar refractivity (Wildman–Crippen MR) is 126 cm³/mol. The molecule has 2 heterocycles. The van der Waals surface area contributed by atoms with Gasteiger partial charge in [-0.15, -0.1) is 11.8 Å². The van der Waals surface area contributed by atoms with Gasteiger partial charge in [0.1, 0.15) is 22.7 Å². The number of rotatable bonds is 5. The molecule has 35 heavy (non-hydrogen) atoms. The summed E-state index contributed by atoms with van der Waals surface area (Å²) in [4.78, 5) is 60.4. The van der Waals surface area contributed by atoms with E-state index in [-0.39, 0.29) is 5.82 Å². The van der Waals surface area contributed by atoms with Gasteiger partial charge >= 0.3 is 25.7 Å². The number of halogens is 1. The second kappa shape index (κ2) is 10.6. The van der Waals surface area contributed by atoms with Crippen molar-refractivity contribution in [1.82, 2.24) is 9.55 Å². The van der Waals surface area contributed by atoms with Gasteiger partial charge in [-0.1, -0.05) is 6.92 Å². The molecule has 0 aliphatic carbocycles. The third-order valence-corrected chi connectivity index (χ3v) is 6.72. The second-order valence-electron chi connectivity index (χ2n) is 9.93. The number of hydrogen-bond acceptors (Lipinski definition) is 9. The summed E-state index contributed by atoms with van der Waals surface area (Å²) < 4.78 is 42.0. The highest BCUT2D eigenvalue weighted by Gasteiger charge is 2.44. The molecule has 0 unspecified atom stereocenters. The van der Waals surface area contributed by atoms with E-state index in [0.717, 1.165) is 16.3 Å². The van der Waals surface area contributed by atoms with Crippen molar-refractivity contribution < 1.29 is 42.3 Å². The molecule has 1 saturated heterocycles. The Bertz CT molecular complexity index is 1020. The fraction of sp³-hybridized carbons (Fsp3) is 0.700. The standard InChI is InChI=1S/C20H31FN3O9PS/c1-11-12(10-31-34(28,29)30)35-15(14(11)21)23-9-8-13(22-16(23)25)24(17(26)32-19(2,3)4)18(27)33-20(5,6)7/h8-9,11-12,14-15H,10H2,1-7H3,(H2,28,29,30)/t11-,12-,14+,15-/m1/s1. The number of anilines is 1. The number of aromatic nitrogens is 2. The number of phosphoric ester groups is 1. The van der Waals surface area contributed by atoms with E-state index in [2.05, 4.69) is 9.51 Å². The van der Waals surface area contributed by atoms with Crippen molar-refractivity contribution in [3.8, 4) is 0 Å². The largest absolute Gasteiger partial charge is 0.469 e. The van der Waals surface area contributed by atoms with Crippen LogP contribution in [0.1, 0.15) is 53.8 Å². The van der Waals surface area contributed by atoms with Crippen LogP contribution in [0.2, 0.25) is 0 Å². The average molecular weight is 540 g/mol. The molecule has 4 atom stereocenters. The minimum Gasteiger partial charge on any atom is -0.443 e. The molecule has 15 heteroatoms. The first-order valence-electron chi connectivity index (χ1n) is 10.6. The molecule has 198 valence electrons. The van der Waals surface area contributed by atoms with E-state index in [1.165, 1.54) is 19.2 Å². The predicted octanol–water partition coefficient (Wildman–Crippen LogP) is 3.62. The van der Waals surface area contributed by atoms with Crippen molar-refractivity contribution in [1.29, 1.82) is 0 Å². The Morgan fingerprint density at radius 2 is 1.69 bits per heavy atom. The number of ether oxygens (including phenoxy) is 2. The van der Waals surface area contributed by atoms with E-state index in [1.54, 1.807) is 41.5 Å². The topological polar surface area (TPSA) is 157 Å². The van der Waals surface area contributed by atoms with Gasteiger partial charge in [0.2, 0.25) is 0 Å². The van der Waals surface area contributed by atoms with Crippen molar-refractivity contribution >= 4 is 37.6 Å². The fourth-order valence-electron chi connectivity index (χ4n) is 3.02. The maximum absolute atomic E-state index is 15.0. The zero-order valence-corrected chi connectivity index (χ0v) is 22.2. The average Bonchev–Trinajstić information content (AvgIpc) is 2.91. The maximum Gasteiger partial charge on any atom is 0.469 e. The van der Waals surface area contributed by atoms with Gasteiger partial charge in [-0.2, -0.15) is 9.88 Å². The Morgan fingerprint density at radius 3 is 2.11 bits per heavy atom. The van der Waals surface area contributed by atoms with Crippen LogP contribution in [0, 0.1) is 5.92 Å². The van der Waals surface area contributed by atoms with E-state index in [9.17, 15) is 23.3 Å². The third-order valence-electron chi connectivity index (χ3n) is 4.55. The van der Waals surface area contributed by atoms with Crippen molar-refractivity contribution in [2.45, 2.75) is 76.5 Å². The van der Waals surface area contributed by atoms with E-state index in [4.69, 9.17) is 19.3 Å². The molecule has 1 aromatic heterocycles. The summed E-state index contributed by atoms with van der Waals surface area (Å²) in [6.45, 7) is 10.7. The smallest absolute Gasteiger partial charge is 0.443 e. The lowest BCUT2D eigenvalue weighted by molar-refractivity contribution is 0.0428. The van der Waals surface area contributed by atoms with Gasteiger partial charge in [0.25, 0.3) is 0 Å². The maximum atomic E-state index is 15.0. The summed E-state index contributed by atoms with van der Waals surface area (Å²) >= 11 is 0.960. The third kappa shape index (κ3) is 8.28. The van der Waals surface area contributed by atoms with Crippen LogP contribution in [-0.2, 0) is 18.6 Å². The van der Waals surface area contributed by atoms with Crippen LogP contribution >= 0.6 is 19.6 Å². The number of thioether (sulfide) groups is 1. The molecule has 1 aromatic rings. The summed E-state index contributed by atoms with van der Waals surface area (Å²) in [7, 11) is -4.74. The highest BCUT2D eigenvalue weighted by atomic mass is 32.2. The molecule has 0 spiro atoms. The van der Waals surface area contributed by atoms with E-state index in [0.29, 0.717) is 4.90 Å². The quantitative estimate of drug-likeness (QED) is 0.527. The van der Waals surface area contributed by atoms with Gasteiger partial charge in [0.05, 0.1) is 6.61 Å². The molecule has 0 aromatic carbocycles. The molecule has 1 aliphatic rings. The van der Waals surface area contributed by atoms with Crippen LogP contribution in [0.3, 0.4) is 0 Å². The van der Waals surface area contributed by atoms with E-state index < -0.39 is 66.2 Å². The lowest BCUT2D eigenvalue weighted by Crippen LogP contribution is -2.45. The lowest BCUT2D eigenvalue weighted by Gasteiger charge is -2.28. The molecule has 0 bridgehead atoms. The summed E-state index contributed by atoms with van der Waals surface area (Å²) in [5, 5.41) is -1.71. The zero-order valence-electron chi connectivity index (χ0n) is 20.5. The van der Waals surface area contributed by atoms with Crippen LogP contribution in [0.25, 0.3) is 0 Å². The summed E-state index contributed by atoms with van der Waals surface area (Å²) in [6.07, 6.45) is -2.62. The van der Waals surface area contributed by atoms with Gasteiger partial charge in [0.15, 0.2) is 5.82 Å². The van der Waals surface area contributed by atoms with Gasteiger partial charge in [-0.25, -0.2) is 23.3 Å². The summed E-state index contributed by atoms with van der Waals surface area (Å²) in [6, 6.07) is 1.17. The fourth-order valence-corrected chi connectivity index (χ4v) is 5.07. The second-order valence-corrected chi connectivity index (χ2v) is 12.5. The first kappa shape index (κ1) is 29.2. The Morgan fingerprint density at radius 1 is 1.17 bits per heavy atom. The van der Waals surface area contributed by atoms with Crippen molar-refractivity contribution in [2.24, 2.45) is 5.92 Å². The number of carbonyl (C=O) groups excluding carboxylic acids is 2. The van der Waals surface area contributed by atoms with Gasteiger partial charge in [-0.05, 0) is 47.6 Å². The minimum absolute atomic E-state index is 0.373. The van der Waals surface area contributed by atoms with Gasteiger partial charge < -0.3 is 19.3 Å². The Kier molecular flexibility index (Phi) is 8.82. The number of amides is 2. The molecule has 0 radical (unpaired) electrons. The molecule has 12 nitrogen and oxygen atoms in total. The van der Waals surface area contributed by atoms with Gasteiger partial charge in [-0.3, -0.25) is 9.09 Å². The molecule has 1 aliphatic heterocycles. The van der Waals surface area contributed by atoms with Crippen LogP contribution in [0.4, 0.5) is 19.8 Å². The number of imide groups is 1. The Balaban J connectivity index is 2.36. The van der Waals surface area contributed by atoms with E-state index in [1.807, 2.05) is 0 Å². The van der Waals surface area contributed by atoms with Crippen molar-refractivity contribution in [3.05, 3.63) is 22.7 Å². The van der Waals surface area contributed by atoms with Crippen LogP contribution in [0.5, 0.6) is 0 Å². The van der Waals surface area contributed by atoms with Crippen LogP contribution < -0.4 is 10.6 Å². The Labute approximate surface area is 206 Å². The molecule has 1 fully saturated rings. The van der Waals surface area contributed by atoms with Crippen molar-refractivity contribution in [3.63, 3.8) is 0 Å². The van der Waals surface area contributed by atoms with Gasteiger partial charge in [0, 0.05) is 17.4 Å². The molecular formula is C20H31FN3O9PS. The highest BCUT2D eigenvalue weighted by molar-refractivity contribution is 8.00. The van der Waals surface area contributed by atoms with Crippen LogP contribution in [0.15, 0.2) is 17.1 Å². The number of carbonyl (C=O) groups is 2. The SMILES string of the molecule is C[C@H]1[C@H](F)[C@H](n2ccc(N(C(=O)OC(C)(C)C)C(=O)OC(C)(C)C)nc2=O)S[C@@H]1COP(=O)(O)O. The molecule has 2 N–H and O–H groups in total. The zero-order chi connectivity index (χ0) is 26.9. The number of hydrogen-bond donors (Lipinski definition) is 2. The van der Waals surface area contributed by atoms with Crippen LogP contribution in [-0.4, -0.2) is 60.8 Å². The number of alkyl halides is 1. The number of phosphoric acid groups is 1. The first-order chi connectivity index (χ1) is 15.8. The lowest BCUT2D eigenvalue weighted by atomic mass is 10.0. The van der Waals surface area contributed by atoms with Crippen molar-refractivity contribution in [2.75, 3.05) is 11.5 Å². The monoisotopic (exact) mass is 539 g/mol. The number of nitrogens with zero attached hydrogens (tertiary/aromatic N) is 3.